The first-order valence-corrected chi connectivity index (χ1v) is 5.28. The average molecular weight is 204 g/mol. The van der Waals surface area contributed by atoms with Gasteiger partial charge >= 0.3 is 0 Å². The number of nitrogens with one attached hydrogen (secondary N) is 1. The highest BCUT2D eigenvalue weighted by atomic mass is 35.5. The van der Waals surface area contributed by atoms with Crippen molar-refractivity contribution in [1.29, 1.82) is 0 Å². The lowest BCUT2D eigenvalue weighted by Crippen LogP contribution is -2.23. The van der Waals surface area contributed by atoms with Gasteiger partial charge in [-0.2, -0.15) is 0 Å². The molecule has 0 heterocycles. The van der Waals surface area contributed by atoms with Gasteiger partial charge in [-0.25, -0.2) is 0 Å². The number of rotatable bonds is 7. The smallest absolute Gasteiger partial charge is 0.220 e. The van der Waals surface area contributed by atoms with Crippen molar-refractivity contribution >= 4 is 17.5 Å². The van der Waals surface area contributed by atoms with Gasteiger partial charge in [0.1, 0.15) is 0 Å². The normalized spacial score (nSPS) is 10.6. The molecule has 0 atom stereocenters. The molecule has 76 valence electrons. The molecule has 13 heavy (non-hydrogen) atoms. The number of carbonyl (C=O) groups excluding carboxylic acids is 1. The lowest BCUT2D eigenvalue weighted by Gasteiger charge is -2.01. The van der Waals surface area contributed by atoms with Crippen molar-refractivity contribution in [2.24, 2.45) is 0 Å². The molecule has 0 fully saturated rings. The van der Waals surface area contributed by atoms with Crippen molar-refractivity contribution in [2.45, 2.75) is 32.6 Å². The van der Waals surface area contributed by atoms with E-state index in [1.165, 1.54) is 0 Å². The van der Waals surface area contributed by atoms with Crippen molar-refractivity contribution in [1.82, 2.24) is 5.32 Å². The molecule has 1 N–H and O–H groups in total. The molecule has 0 unspecified atom stereocenters. The highest BCUT2D eigenvalue weighted by molar-refractivity contribution is 6.17. The van der Waals surface area contributed by atoms with Crippen molar-refractivity contribution < 1.29 is 4.79 Å². The van der Waals surface area contributed by atoms with Crippen LogP contribution in [0.2, 0.25) is 0 Å². The minimum atomic E-state index is 0.134. The predicted molar refractivity (Wildman–Crippen MR) is 57.0 cm³/mol. The van der Waals surface area contributed by atoms with E-state index < -0.39 is 0 Å². The summed E-state index contributed by atoms with van der Waals surface area (Å²) in [5.41, 5.74) is 0. The molecule has 0 bridgehead atoms. The van der Waals surface area contributed by atoms with Crippen LogP contribution < -0.4 is 5.32 Å². The van der Waals surface area contributed by atoms with E-state index in [4.69, 9.17) is 11.6 Å². The first-order chi connectivity index (χ1) is 6.31. The van der Waals surface area contributed by atoms with E-state index in [1.807, 2.05) is 19.1 Å². The fourth-order valence-corrected chi connectivity index (χ4v) is 1.12. The molecule has 0 saturated heterocycles. The van der Waals surface area contributed by atoms with Crippen LogP contribution in [0.15, 0.2) is 12.2 Å². The molecule has 0 aliphatic heterocycles. The Morgan fingerprint density at radius 3 is 2.85 bits per heavy atom. The topological polar surface area (TPSA) is 29.1 Å². The average Bonchev–Trinajstić information content (AvgIpc) is 2.13. The van der Waals surface area contributed by atoms with Gasteiger partial charge in [-0.3, -0.25) is 4.79 Å². The van der Waals surface area contributed by atoms with Crippen LogP contribution in [0.5, 0.6) is 0 Å². The molecule has 1 amide bonds. The summed E-state index contributed by atoms with van der Waals surface area (Å²) < 4.78 is 0. The SMILES string of the molecule is C/C=C/CCNC(=O)CCCCCl. The summed E-state index contributed by atoms with van der Waals surface area (Å²) in [5.74, 6) is 0.779. The zero-order valence-electron chi connectivity index (χ0n) is 8.18. The zero-order chi connectivity index (χ0) is 9.94. The summed E-state index contributed by atoms with van der Waals surface area (Å²) in [6, 6.07) is 0. The number of unbranched alkanes of at least 4 members (excludes halogenated alkanes) is 1. The number of hydrogen-bond acceptors (Lipinski definition) is 1. The van der Waals surface area contributed by atoms with Gasteiger partial charge in [0.25, 0.3) is 0 Å². The molecule has 0 spiro atoms. The van der Waals surface area contributed by atoms with E-state index in [1.54, 1.807) is 0 Å². The fraction of sp³-hybridized carbons (Fsp3) is 0.700. The van der Waals surface area contributed by atoms with E-state index >= 15 is 0 Å². The van der Waals surface area contributed by atoms with Crippen LogP contribution in [0, 0.1) is 0 Å². The summed E-state index contributed by atoms with van der Waals surface area (Å²) in [6.07, 6.45) is 7.35. The van der Waals surface area contributed by atoms with Gasteiger partial charge < -0.3 is 5.32 Å². The monoisotopic (exact) mass is 203 g/mol. The third kappa shape index (κ3) is 9.41. The van der Waals surface area contributed by atoms with Gasteiger partial charge in [0, 0.05) is 18.8 Å². The molecule has 0 aromatic carbocycles. The van der Waals surface area contributed by atoms with E-state index in [2.05, 4.69) is 5.32 Å². The minimum Gasteiger partial charge on any atom is -0.356 e. The van der Waals surface area contributed by atoms with Gasteiger partial charge in [0.2, 0.25) is 5.91 Å². The van der Waals surface area contributed by atoms with Gasteiger partial charge in [-0.1, -0.05) is 12.2 Å². The molecular formula is C10H18ClNO. The number of allylic oxidation sites excluding steroid dienone is 1. The zero-order valence-corrected chi connectivity index (χ0v) is 8.94. The molecular weight excluding hydrogens is 186 g/mol. The van der Waals surface area contributed by atoms with Crippen LogP contribution in [-0.4, -0.2) is 18.3 Å². The Morgan fingerprint density at radius 2 is 2.23 bits per heavy atom. The largest absolute Gasteiger partial charge is 0.356 e. The highest BCUT2D eigenvalue weighted by Crippen LogP contribution is 1.96. The molecule has 0 aliphatic carbocycles. The summed E-state index contributed by atoms with van der Waals surface area (Å²) >= 11 is 5.49. The van der Waals surface area contributed by atoms with Gasteiger partial charge in [-0.15, -0.1) is 11.6 Å². The van der Waals surface area contributed by atoms with Gasteiger partial charge in [-0.05, 0) is 26.2 Å². The van der Waals surface area contributed by atoms with Crippen LogP contribution in [0.3, 0.4) is 0 Å². The maximum absolute atomic E-state index is 11.1. The summed E-state index contributed by atoms with van der Waals surface area (Å²) in [4.78, 5) is 11.1. The molecule has 0 aromatic heterocycles. The van der Waals surface area contributed by atoms with E-state index in [9.17, 15) is 4.79 Å². The summed E-state index contributed by atoms with van der Waals surface area (Å²) in [5, 5.41) is 2.84. The second kappa shape index (κ2) is 9.59. The maximum atomic E-state index is 11.1. The van der Waals surface area contributed by atoms with E-state index in [0.717, 1.165) is 25.8 Å². The Balaban J connectivity index is 3.20. The maximum Gasteiger partial charge on any atom is 0.220 e. The molecule has 0 radical (unpaired) electrons. The van der Waals surface area contributed by atoms with E-state index in [0.29, 0.717) is 12.3 Å². The third-order valence-corrected chi connectivity index (χ3v) is 1.92. The highest BCUT2D eigenvalue weighted by Gasteiger charge is 1.98. The predicted octanol–water partition coefficient (Wildman–Crippen LogP) is 2.48. The van der Waals surface area contributed by atoms with Crippen LogP contribution in [0.25, 0.3) is 0 Å². The van der Waals surface area contributed by atoms with Gasteiger partial charge in [0.05, 0.1) is 0 Å². The van der Waals surface area contributed by atoms with Gasteiger partial charge in [0.15, 0.2) is 0 Å². The Hall–Kier alpha value is -0.500. The summed E-state index contributed by atoms with van der Waals surface area (Å²) in [7, 11) is 0. The summed E-state index contributed by atoms with van der Waals surface area (Å²) in [6.45, 7) is 2.71. The van der Waals surface area contributed by atoms with Crippen molar-refractivity contribution in [3.05, 3.63) is 12.2 Å². The van der Waals surface area contributed by atoms with Crippen LogP contribution in [0.4, 0.5) is 0 Å². The van der Waals surface area contributed by atoms with Crippen LogP contribution in [0.1, 0.15) is 32.6 Å². The molecule has 2 nitrogen and oxygen atoms in total. The standard InChI is InChI=1S/C10H18ClNO/c1-2-3-6-9-12-10(13)7-4-5-8-11/h2-3H,4-9H2,1H3,(H,12,13)/b3-2+. The number of hydrogen-bond donors (Lipinski definition) is 1. The second-order valence-corrected chi connectivity index (χ2v) is 3.23. The van der Waals surface area contributed by atoms with Crippen LogP contribution in [-0.2, 0) is 4.79 Å². The third-order valence-electron chi connectivity index (χ3n) is 1.66. The Labute approximate surface area is 85.3 Å². The lowest BCUT2D eigenvalue weighted by atomic mass is 10.2. The number of alkyl halides is 1. The second-order valence-electron chi connectivity index (χ2n) is 2.85. The molecule has 0 aliphatic rings. The minimum absolute atomic E-state index is 0.134. The van der Waals surface area contributed by atoms with Crippen molar-refractivity contribution in [2.75, 3.05) is 12.4 Å². The molecule has 0 saturated carbocycles. The molecule has 3 heteroatoms. The number of halogens is 1. The lowest BCUT2D eigenvalue weighted by molar-refractivity contribution is -0.121. The van der Waals surface area contributed by atoms with Crippen molar-refractivity contribution in [3.8, 4) is 0 Å². The Morgan fingerprint density at radius 1 is 1.46 bits per heavy atom. The Kier molecular flexibility index (Phi) is 9.22. The fourth-order valence-electron chi connectivity index (χ4n) is 0.930. The first kappa shape index (κ1) is 12.5. The van der Waals surface area contributed by atoms with Crippen LogP contribution >= 0.6 is 11.6 Å². The molecule has 0 rings (SSSR count). The number of amides is 1. The Bertz CT molecular complexity index is 157. The van der Waals surface area contributed by atoms with E-state index in [-0.39, 0.29) is 5.91 Å². The molecule has 0 aromatic rings. The first-order valence-electron chi connectivity index (χ1n) is 4.75. The number of carbonyl (C=O) groups is 1. The quantitative estimate of drug-likeness (QED) is 0.385. The van der Waals surface area contributed by atoms with Crippen molar-refractivity contribution in [3.63, 3.8) is 0 Å².